The fraction of sp³-hybridized carbons (Fsp3) is 0.810. The van der Waals surface area contributed by atoms with Crippen LogP contribution in [0.15, 0.2) is 0 Å². The zero-order chi connectivity index (χ0) is 67.3. The van der Waals surface area contributed by atoms with E-state index >= 15 is 19.2 Å². The molecule has 0 unspecified atom stereocenters. The van der Waals surface area contributed by atoms with E-state index in [1.165, 1.54) is 107 Å². The Balaban J connectivity index is 0.0000387. The summed E-state index contributed by atoms with van der Waals surface area (Å²) in [5.74, 6) is -9.81. The number of nitrogens with one attached hydrogen (secondary N) is 4. The number of rotatable bonds is 12. The Bertz CT molecular complexity index is 2450. The summed E-state index contributed by atoms with van der Waals surface area (Å²) in [6.07, 6.45) is -1.44. The van der Waals surface area contributed by atoms with E-state index in [4.69, 9.17) is 4.74 Å². The Hall–Kier alpha value is -6.56. The molecule has 12 amide bonds. The van der Waals surface area contributed by atoms with Gasteiger partial charge in [0.1, 0.15) is 72.6 Å². The molecule has 0 aromatic carbocycles. The van der Waals surface area contributed by atoms with Crippen molar-refractivity contribution in [3.8, 4) is 0 Å². The SMILES string of the molecule is C.CC[C@H]1NC(=O)[C@@H]([C@@H]2OC(=O)N(C)C[C@H]2C)N(C)C(=O)[C@@H](C(C)C)N(C)C(=O)[C@@H](CC(C)C)N(C)C(=O)[C@@H](CC(C)C)N(C)C(=O)[C@H](C)NC(=O)[C@@H](C)NC(=O)[C@@H](CC(C)C)N(C)C(=O)[C@@H](C(C)C)NC(=O)[C@H](CC(C)C)N(C)C(=O)[C@@H](C)N(C)C1=O. The van der Waals surface area contributed by atoms with Crippen LogP contribution in [-0.4, -0.2) is 246 Å². The lowest BCUT2D eigenvalue weighted by molar-refractivity contribution is -0.158. The molecule has 0 bridgehead atoms. The van der Waals surface area contributed by atoms with Crippen LogP contribution in [-0.2, 0) is 57.5 Å². The van der Waals surface area contributed by atoms with Gasteiger partial charge in [-0.2, -0.15) is 0 Å². The molecule has 0 saturated carbocycles. The lowest BCUT2D eigenvalue weighted by atomic mass is 9.92. The highest BCUT2D eigenvalue weighted by Crippen LogP contribution is 2.28. The Morgan fingerprint density at radius 2 is 0.830 bits per heavy atom. The van der Waals surface area contributed by atoms with Crippen molar-refractivity contribution in [3.05, 3.63) is 0 Å². The molecule has 0 aromatic heterocycles. The zero-order valence-electron chi connectivity index (χ0n) is 57.1. The number of carbonyl (C=O) groups is 12. The topological polar surface area (TPSA) is 288 Å². The van der Waals surface area contributed by atoms with Gasteiger partial charge in [-0.3, -0.25) is 52.7 Å². The molecule has 25 heteroatoms. The highest BCUT2D eigenvalue weighted by Gasteiger charge is 2.49. The van der Waals surface area contributed by atoms with E-state index in [2.05, 4.69) is 21.3 Å². The lowest BCUT2D eigenvalue weighted by Crippen LogP contribution is -2.65. The summed E-state index contributed by atoms with van der Waals surface area (Å²) in [7, 11) is 11.4. The minimum absolute atomic E-state index is 0. The van der Waals surface area contributed by atoms with Gasteiger partial charge in [0.05, 0.1) is 0 Å². The maximum atomic E-state index is 15.3. The van der Waals surface area contributed by atoms with Crippen LogP contribution in [0, 0.1) is 41.4 Å². The van der Waals surface area contributed by atoms with Gasteiger partial charge in [-0.05, 0) is 88.4 Å². The third-order valence-electron chi connectivity index (χ3n) is 16.9. The quantitative estimate of drug-likeness (QED) is 0.218. The van der Waals surface area contributed by atoms with Crippen molar-refractivity contribution in [2.24, 2.45) is 41.4 Å². The van der Waals surface area contributed by atoms with E-state index in [1.54, 1.807) is 41.5 Å². The summed E-state index contributed by atoms with van der Waals surface area (Å²) in [5, 5.41) is 11.0. The van der Waals surface area contributed by atoms with Gasteiger partial charge in [0.2, 0.25) is 65.0 Å². The van der Waals surface area contributed by atoms with Gasteiger partial charge in [-0.1, -0.05) is 104 Å². The summed E-state index contributed by atoms with van der Waals surface area (Å²) in [4.78, 5) is 185. The van der Waals surface area contributed by atoms with E-state index < -0.39 is 161 Å². The van der Waals surface area contributed by atoms with Gasteiger partial charge in [0.25, 0.3) is 0 Å². The molecule has 0 radical (unpaired) electrons. The van der Waals surface area contributed by atoms with Crippen LogP contribution in [0.1, 0.15) is 157 Å². The van der Waals surface area contributed by atoms with E-state index in [-0.39, 0.29) is 69.7 Å². The third kappa shape index (κ3) is 20.2. The molecule has 88 heavy (non-hydrogen) atoms. The molecule has 2 heterocycles. The van der Waals surface area contributed by atoms with Crippen molar-refractivity contribution in [1.29, 1.82) is 0 Å². The smallest absolute Gasteiger partial charge is 0.409 e. The predicted octanol–water partition coefficient (Wildman–Crippen LogP) is 3.42. The number of likely N-dealkylation sites (N-methyl/N-ethyl adjacent to an activating group) is 7. The number of hydrogen-bond donors (Lipinski definition) is 4. The van der Waals surface area contributed by atoms with Crippen molar-refractivity contribution in [2.75, 3.05) is 62.9 Å². The minimum atomic E-state index is -1.57. The van der Waals surface area contributed by atoms with Crippen molar-refractivity contribution in [3.63, 3.8) is 0 Å². The number of nitrogens with zero attached hydrogens (tertiary/aromatic N) is 8. The molecule has 0 aromatic rings. The zero-order valence-corrected chi connectivity index (χ0v) is 57.1. The summed E-state index contributed by atoms with van der Waals surface area (Å²) in [5.41, 5.74) is 0. The van der Waals surface area contributed by atoms with Crippen LogP contribution in [0.5, 0.6) is 0 Å². The molecule has 25 nitrogen and oxygen atoms in total. The van der Waals surface area contributed by atoms with E-state index in [9.17, 15) is 38.4 Å². The van der Waals surface area contributed by atoms with Crippen molar-refractivity contribution in [1.82, 2.24) is 60.5 Å². The maximum absolute atomic E-state index is 15.3. The molecular formula is C63H114N12O13. The van der Waals surface area contributed by atoms with E-state index in [0.29, 0.717) is 0 Å². The molecular weight excluding hydrogens is 1130 g/mol. The average Bonchev–Trinajstić information content (AvgIpc) is 2.71. The fourth-order valence-electron chi connectivity index (χ4n) is 11.4. The van der Waals surface area contributed by atoms with Gasteiger partial charge >= 0.3 is 6.09 Å². The number of carbonyl (C=O) groups excluding carboxylic acids is 12. The van der Waals surface area contributed by atoms with Crippen molar-refractivity contribution >= 4 is 71.1 Å². The Morgan fingerprint density at radius 1 is 0.420 bits per heavy atom. The van der Waals surface area contributed by atoms with Gasteiger partial charge in [0.15, 0.2) is 0 Å². The Kier molecular flexibility index (Phi) is 31.1. The van der Waals surface area contributed by atoms with Crippen LogP contribution >= 0.6 is 0 Å². The molecule has 2 rings (SSSR count). The first-order valence-corrected chi connectivity index (χ1v) is 31.1. The Morgan fingerprint density at radius 3 is 1.27 bits per heavy atom. The van der Waals surface area contributed by atoms with Crippen LogP contribution in [0.4, 0.5) is 4.79 Å². The second-order valence-corrected chi connectivity index (χ2v) is 26.9. The molecule has 4 N–H and O–H groups in total. The van der Waals surface area contributed by atoms with Crippen LogP contribution < -0.4 is 21.3 Å². The second-order valence-electron chi connectivity index (χ2n) is 26.9. The van der Waals surface area contributed by atoms with Crippen molar-refractivity contribution in [2.45, 2.75) is 230 Å². The normalized spacial score (nSPS) is 29.0. The first-order valence-electron chi connectivity index (χ1n) is 31.1. The number of ether oxygens (including phenoxy) is 1. The predicted molar refractivity (Wildman–Crippen MR) is 337 cm³/mol. The molecule has 2 saturated heterocycles. The number of hydrogen-bond acceptors (Lipinski definition) is 13. The molecule has 0 aliphatic carbocycles. The molecule has 504 valence electrons. The summed E-state index contributed by atoms with van der Waals surface area (Å²) in [6.45, 7) is 29.7. The highest BCUT2D eigenvalue weighted by molar-refractivity contribution is 6.00. The molecule has 2 fully saturated rings. The van der Waals surface area contributed by atoms with Gasteiger partial charge in [-0.25, -0.2) is 4.79 Å². The molecule has 13 atom stereocenters. The largest absolute Gasteiger partial charge is 0.443 e. The van der Waals surface area contributed by atoms with Gasteiger partial charge < -0.3 is 65.2 Å². The number of amides is 12. The second kappa shape index (κ2) is 34.4. The Labute approximate surface area is 526 Å². The first-order chi connectivity index (χ1) is 40.1. The fourth-order valence-corrected chi connectivity index (χ4v) is 11.4. The molecule has 0 spiro atoms. The minimum Gasteiger partial charge on any atom is -0.443 e. The van der Waals surface area contributed by atoms with Gasteiger partial charge in [-0.15, -0.1) is 0 Å². The van der Waals surface area contributed by atoms with Crippen LogP contribution in [0.3, 0.4) is 0 Å². The number of cyclic esters (lactones) is 1. The summed E-state index contributed by atoms with van der Waals surface area (Å²) < 4.78 is 5.91. The van der Waals surface area contributed by atoms with Crippen LogP contribution in [0.25, 0.3) is 0 Å². The standard InChI is InChI=1S/C62H110N12O13.CH4/c1-26-42-57(81)68(19)41(17)56(80)69(20)44(28-33(4)5)53(77)66-47(36(10)11)60(84)70(21)43(27-32(2)3)52(76)63-39(15)51(75)64-40(16)55(79)71(22)45(29-34(6)7)58(82)72(23)46(30-35(8)9)59(83)73(24)48(37(12)13)61(85)74(25)49(54(78)65-42)50-38(14)31-67(18)62(86)87-50;/h32-50H,26-31H2,1-25H3,(H,63,76)(H,64,75)(H,65,78)(H,66,77);1H4/t38-,39-,40+,41-,42-,43-,44+,45-,46-,47-,48-,49-,50-;/m1./s1. The maximum Gasteiger partial charge on any atom is 0.409 e. The monoisotopic (exact) mass is 1250 g/mol. The average molecular weight is 1250 g/mol. The lowest BCUT2D eigenvalue weighted by Gasteiger charge is -2.44. The van der Waals surface area contributed by atoms with Crippen LogP contribution in [0.2, 0.25) is 0 Å². The van der Waals surface area contributed by atoms with E-state index in [0.717, 1.165) is 9.80 Å². The summed E-state index contributed by atoms with van der Waals surface area (Å²) >= 11 is 0. The molecule has 2 aliphatic heterocycles. The first kappa shape index (κ1) is 79.5. The van der Waals surface area contributed by atoms with Crippen molar-refractivity contribution < 1.29 is 62.3 Å². The summed E-state index contributed by atoms with van der Waals surface area (Å²) in [6, 6.07) is -13.7. The third-order valence-corrected chi connectivity index (χ3v) is 16.9. The highest BCUT2D eigenvalue weighted by atomic mass is 16.6. The van der Waals surface area contributed by atoms with Gasteiger partial charge in [0, 0.05) is 68.8 Å². The van der Waals surface area contributed by atoms with E-state index in [1.807, 2.05) is 55.4 Å². The molecule has 2 aliphatic rings.